The Morgan fingerprint density at radius 2 is 2.20 bits per heavy atom. The maximum atomic E-state index is 9.60. The van der Waals surface area contributed by atoms with Crippen LogP contribution >= 0.6 is 11.3 Å². The first-order valence-corrected chi connectivity index (χ1v) is 5.98. The molecule has 4 heteroatoms. The standard InChI is InChI=1S/C11H20N2OS/c1-9-4-5-11(15-9)7-12-6-10(14)8-13(2)3/h4-5,10,12,14H,6-8H2,1-3H3. The molecule has 15 heavy (non-hydrogen) atoms. The van der Waals surface area contributed by atoms with Gasteiger partial charge < -0.3 is 15.3 Å². The van der Waals surface area contributed by atoms with Gasteiger partial charge in [-0.15, -0.1) is 11.3 Å². The van der Waals surface area contributed by atoms with Crippen molar-refractivity contribution >= 4 is 11.3 Å². The van der Waals surface area contributed by atoms with Crippen LogP contribution in [0.15, 0.2) is 12.1 Å². The highest BCUT2D eigenvalue weighted by molar-refractivity contribution is 7.11. The number of aliphatic hydroxyl groups is 1. The smallest absolute Gasteiger partial charge is 0.0791 e. The zero-order valence-electron chi connectivity index (χ0n) is 9.66. The minimum absolute atomic E-state index is 0.291. The maximum Gasteiger partial charge on any atom is 0.0791 e. The summed E-state index contributed by atoms with van der Waals surface area (Å²) in [6, 6.07) is 4.25. The van der Waals surface area contributed by atoms with Gasteiger partial charge in [0, 0.05) is 29.4 Å². The van der Waals surface area contributed by atoms with Crippen LogP contribution < -0.4 is 5.32 Å². The van der Waals surface area contributed by atoms with Crippen molar-refractivity contribution in [2.75, 3.05) is 27.2 Å². The maximum absolute atomic E-state index is 9.60. The number of nitrogens with one attached hydrogen (secondary N) is 1. The topological polar surface area (TPSA) is 35.5 Å². The van der Waals surface area contributed by atoms with E-state index in [9.17, 15) is 5.11 Å². The predicted octanol–water partition coefficient (Wildman–Crippen LogP) is 1.07. The van der Waals surface area contributed by atoms with Crippen LogP contribution in [0.25, 0.3) is 0 Å². The Bertz CT molecular complexity index is 286. The molecule has 0 aliphatic carbocycles. The third-order valence-electron chi connectivity index (χ3n) is 2.05. The van der Waals surface area contributed by atoms with Crippen LogP contribution in [0.5, 0.6) is 0 Å². The van der Waals surface area contributed by atoms with E-state index in [0.717, 1.165) is 6.54 Å². The summed E-state index contributed by atoms with van der Waals surface area (Å²) >= 11 is 1.80. The van der Waals surface area contributed by atoms with Crippen LogP contribution in [-0.2, 0) is 6.54 Å². The average molecular weight is 228 g/mol. The fourth-order valence-electron chi connectivity index (χ4n) is 1.43. The zero-order valence-corrected chi connectivity index (χ0v) is 10.5. The van der Waals surface area contributed by atoms with Crippen LogP contribution in [0.3, 0.4) is 0 Å². The van der Waals surface area contributed by atoms with Crippen molar-refractivity contribution in [3.63, 3.8) is 0 Å². The fraction of sp³-hybridized carbons (Fsp3) is 0.636. The molecule has 0 aliphatic rings. The highest BCUT2D eigenvalue weighted by Crippen LogP contribution is 2.14. The van der Waals surface area contributed by atoms with Crippen molar-refractivity contribution in [3.8, 4) is 0 Å². The Kier molecular flexibility index (Phi) is 5.25. The third-order valence-corrected chi connectivity index (χ3v) is 3.05. The van der Waals surface area contributed by atoms with E-state index in [1.165, 1.54) is 9.75 Å². The molecule has 1 rings (SSSR count). The second-order valence-corrected chi connectivity index (χ2v) is 5.43. The van der Waals surface area contributed by atoms with E-state index in [-0.39, 0.29) is 6.10 Å². The lowest BCUT2D eigenvalue weighted by atomic mass is 10.3. The van der Waals surface area contributed by atoms with Crippen LogP contribution in [0, 0.1) is 6.92 Å². The quantitative estimate of drug-likeness (QED) is 0.764. The van der Waals surface area contributed by atoms with Gasteiger partial charge in [-0.1, -0.05) is 0 Å². The second-order valence-electron chi connectivity index (χ2n) is 4.06. The monoisotopic (exact) mass is 228 g/mol. The highest BCUT2D eigenvalue weighted by Gasteiger charge is 2.04. The van der Waals surface area contributed by atoms with E-state index < -0.39 is 0 Å². The Labute approximate surface area is 95.7 Å². The minimum atomic E-state index is -0.291. The van der Waals surface area contributed by atoms with Crippen LogP contribution in [0.4, 0.5) is 0 Å². The zero-order chi connectivity index (χ0) is 11.3. The largest absolute Gasteiger partial charge is 0.390 e. The molecule has 1 unspecified atom stereocenters. The summed E-state index contributed by atoms with van der Waals surface area (Å²) in [5.74, 6) is 0. The molecule has 2 N–H and O–H groups in total. The molecule has 86 valence electrons. The van der Waals surface area contributed by atoms with Gasteiger partial charge in [0.25, 0.3) is 0 Å². The molecule has 0 amide bonds. The van der Waals surface area contributed by atoms with Crippen LogP contribution in [0.2, 0.25) is 0 Å². The van der Waals surface area contributed by atoms with Gasteiger partial charge >= 0.3 is 0 Å². The lowest BCUT2D eigenvalue weighted by Gasteiger charge is -2.16. The summed E-state index contributed by atoms with van der Waals surface area (Å²) < 4.78 is 0. The van der Waals surface area contributed by atoms with Crippen molar-refractivity contribution in [1.29, 1.82) is 0 Å². The van der Waals surface area contributed by atoms with Gasteiger partial charge in [-0.2, -0.15) is 0 Å². The number of likely N-dealkylation sites (N-methyl/N-ethyl adjacent to an activating group) is 1. The molecule has 0 aromatic carbocycles. The molecule has 0 bridgehead atoms. The van der Waals surface area contributed by atoms with E-state index in [1.807, 2.05) is 19.0 Å². The molecule has 3 nitrogen and oxygen atoms in total. The molecular formula is C11H20N2OS. The summed E-state index contributed by atoms with van der Waals surface area (Å²) in [6.07, 6.45) is -0.291. The number of thiophene rings is 1. The summed E-state index contributed by atoms with van der Waals surface area (Å²) in [4.78, 5) is 4.65. The molecule has 1 heterocycles. The predicted molar refractivity (Wildman–Crippen MR) is 65.3 cm³/mol. The van der Waals surface area contributed by atoms with Gasteiger partial charge in [0.1, 0.15) is 0 Å². The lowest BCUT2D eigenvalue weighted by Crippen LogP contribution is -2.34. The molecule has 1 aromatic rings. The van der Waals surface area contributed by atoms with Gasteiger partial charge in [0.15, 0.2) is 0 Å². The van der Waals surface area contributed by atoms with Crippen LogP contribution in [0.1, 0.15) is 9.75 Å². The number of aliphatic hydroxyl groups excluding tert-OH is 1. The molecule has 0 saturated heterocycles. The minimum Gasteiger partial charge on any atom is -0.390 e. The summed E-state index contributed by atoms with van der Waals surface area (Å²) in [5, 5.41) is 12.9. The van der Waals surface area contributed by atoms with Crippen molar-refractivity contribution in [2.24, 2.45) is 0 Å². The fourth-order valence-corrected chi connectivity index (χ4v) is 2.29. The van der Waals surface area contributed by atoms with E-state index >= 15 is 0 Å². The molecule has 0 spiro atoms. The third kappa shape index (κ3) is 5.28. The normalized spacial score (nSPS) is 13.4. The lowest BCUT2D eigenvalue weighted by molar-refractivity contribution is 0.134. The molecule has 1 aromatic heterocycles. The number of hydrogen-bond donors (Lipinski definition) is 2. The van der Waals surface area contributed by atoms with E-state index in [0.29, 0.717) is 13.1 Å². The van der Waals surface area contributed by atoms with Crippen molar-refractivity contribution < 1.29 is 5.11 Å². The number of rotatable bonds is 6. The van der Waals surface area contributed by atoms with Crippen molar-refractivity contribution in [2.45, 2.75) is 19.6 Å². The first-order chi connectivity index (χ1) is 7.08. The van der Waals surface area contributed by atoms with Crippen molar-refractivity contribution in [3.05, 3.63) is 21.9 Å². The second kappa shape index (κ2) is 6.23. The molecule has 0 fully saturated rings. The van der Waals surface area contributed by atoms with Gasteiger partial charge in [-0.25, -0.2) is 0 Å². The van der Waals surface area contributed by atoms with Gasteiger partial charge in [-0.3, -0.25) is 0 Å². The summed E-state index contributed by atoms with van der Waals surface area (Å²) in [6.45, 7) is 4.31. The Balaban J connectivity index is 2.16. The van der Waals surface area contributed by atoms with E-state index in [1.54, 1.807) is 11.3 Å². The average Bonchev–Trinajstić information content (AvgIpc) is 2.50. The number of nitrogens with zero attached hydrogens (tertiary/aromatic N) is 1. The summed E-state index contributed by atoms with van der Waals surface area (Å²) in [5.41, 5.74) is 0. The highest BCUT2D eigenvalue weighted by atomic mass is 32.1. The first-order valence-electron chi connectivity index (χ1n) is 5.16. The number of hydrogen-bond acceptors (Lipinski definition) is 4. The molecule has 0 radical (unpaired) electrons. The van der Waals surface area contributed by atoms with E-state index in [4.69, 9.17) is 0 Å². The Hall–Kier alpha value is -0.420. The first kappa shape index (κ1) is 12.6. The SMILES string of the molecule is Cc1ccc(CNCC(O)CN(C)C)s1. The van der Waals surface area contributed by atoms with Crippen molar-refractivity contribution in [1.82, 2.24) is 10.2 Å². The Morgan fingerprint density at radius 3 is 2.73 bits per heavy atom. The van der Waals surface area contributed by atoms with Gasteiger partial charge in [0.05, 0.1) is 6.10 Å². The van der Waals surface area contributed by atoms with Crippen LogP contribution in [-0.4, -0.2) is 43.3 Å². The molecular weight excluding hydrogens is 208 g/mol. The Morgan fingerprint density at radius 1 is 1.47 bits per heavy atom. The summed E-state index contributed by atoms with van der Waals surface area (Å²) in [7, 11) is 3.93. The van der Waals surface area contributed by atoms with Gasteiger partial charge in [-0.05, 0) is 33.2 Å². The molecule has 1 atom stereocenters. The van der Waals surface area contributed by atoms with E-state index in [2.05, 4.69) is 24.4 Å². The van der Waals surface area contributed by atoms with Gasteiger partial charge in [0.2, 0.25) is 0 Å². The molecule has 0 saturated carbocycles. The molecule has 0 aliphatic heterocycles. The number of aryl methyl sites for hydroxylation is 1.